The predicted octanol–water partition coefficient (Wildman–Crippen LogP) is 2.90. The number of nitrogens with zero attached hydrogens (tertiary/aromatic N) is 2. The van der Waals surface area contributed by atoms with Crippen LogP contribution >= 0.6 is 23.1 Å². The van der Waals surface area contributed by atoms with Crippen LogP contribution < -0.4 is 10.6 Å². The molecule has 1 aromatic heterocycles. The van der Waals surface area contributed by atoms with Crippen LogP contribution in [0.4, 0.5) is 5.13 Å². The van der Waals surface area contributed by atoms with Crippen LogP contribution in [0.25, 0.3) is 0 Å². The standard InChI is InChI=1S/C14H22N4OS2/c1-9-4-2-3-5-11(9)16-12(19)8-20-14-18-17-13(21-14)15-10-6-7-10/h9-11H,2-8H2,1H3,(H,15,17)(H,16,19)/t9-,11-/m0/s1. The van der Waals surface area contributed by atoms with Crippen molar-refractivity contribution in [1.29, 1.82) is 0 Å². The molecule has 3 rings (SSSR count). The number of hydrogen-bond acceptors (Lipinski definition) is 6. The first-order valence-electron chi connectivity index (χ1n) is 7.73. The molecule has 116 valence electrons. The van der Waals surface area contributed by atoms with Gasteiger partial charge in [0.25, 0.3) is 0 Å². The van der Waals surface area contributed by atoms with Crippen LogP contribution in [0.2, 0.25) is 0 Å². The highest BCUT2D eigenvalue weighted by Crippen LogP contribution is 2.30. The number of hydrogen-bond donors (Lipinski definition) is 2. The lowest BCUT2D eigenvalue weighted by Crippen LogP contribution is -2.41. The average molecular weight is 326 g/mol. The highest BCUT2D eigenvalue weighted by Gasteiger charge is 2.24. The largest absolute Gasteiger partial charge is 0.357 e. The summed E-state index contributed by atoms with van der Waals surface area (Å²) in [6, 6.07) is 0.945. The first-order chi connectivity index (χ1) is 10.2. The van der Waals surface area contributed by atoms with Gasteiger partial charge in [-0.2, -0.15) is 0 Å². The van der Waals surface area contributed by atoms with E-state index in [9.17, 15) is 4.79 Å². The minimum Gasteiger partial charge on any atom is -0.357 e. The summed E-state index contributed by atoms with van der Waals surface area (Å²) in [5.41, 5.74) is 0. The molecule has 1 aromatic rings. The van der Waals surface area contributed by atoms with Crippen LogP contribution in [0.15, 0.2) is 4.34 Å². The summed E-state index contributed by atoms with van der Waals surface area (Å²) >= 11 is 3.02. The molecule has 0 aromatic carbocycles. The molecule has 21 heavy (non-hydrogen) atoms. The Morgan fingerprint density at radius 3 is 2.86 bits per heavy atom. The van der Waals surface area contributed by atoms with Gasteiger partial charge in [-0.15, -0.1) is 10.2 Å². The third-order valence-corrected chi connectivity index (χ3v) is 6.08. The van der Waals surface area contributed by atoms with Crippen molar-refractivity contribution in [3.05, 3.63) is 0 Å². The van der Waals surface area contributed by atoms with Crippen LogP contribution in [-0.4, -0.2) is 33.9 Å². The van der Waals surface area contributed by atoms with E-state index in [0.717, 1.165) is 15.9 Å². The van der Waals surface area contributed by atoms with Crippen molar-refractivity contribution in [2.24, 2.45) is 5.92 Å². The molecule has 0 spiro atoms. The fourth-order valence-electron chi connectivity index (χ4n) is 2.64. The molecular weight excluding hydrogens is 304 g/mol. The van der Waals surface area contributed by atoms with Gasteiger partial charge >= 0.3 is 0 Å². The Balaban J connectivity index is 1.41. The Morgan fingerprint density at radius 2 is 2.10 bits per heavy atom. The third-order valence-electron chi connectivity index (χ3n) is 4.10. The van der Waals surface area contributed by atoms with Crippen LogP contribution in [0.5, 0.6) is 0 Å². The van der Waals surface area contributed by atoms with Gasteiger partial charge in [0.2, 0.25) is 11.0 Å². The van der Waals surface area contributed by atoms with E-state index in [4.69, 9.17) is 0 Å². The molecule has 2 aliphatic rings. The van der Waals surface area contributed by atoms with Gasteiger partial charge in [-0.3, -0.25) is 4.79 Å². The summed E-state index contributed by atoms with van der Waals surface area (Å²) in [4.78, 5) is 12.0. The van der Waals surface area contributed by atoms with Crippen molar-refractivity contribution in [3.63, 3.8) is 0 Å². The van der Waals surface area contributed by atoms with Gasteiger partial charge in [0, 0.05) is 12.1 Å². The van der Waals surface area contributed by atoms with Gasteiger partial charge < -0.3 is 10.6 Å². The van der Waals surface area contributed by atoms with Crippen LogP contribution in [0.3, 0.4) is 0 Å². The molecule has 0 bridgehead atoms. The molecule has 0 unspecified atom stereocenters. The van der Waals surface area contributed by atoms with E-state index in [1.54, 1.807) is 0 Å². The minimum absolute atomic E-state index is 0.116. The Labute approximate surface area is 133 Å². The van der Waals surface area contributed by atoms with Crippen molar-refractivity contribution in [1.82, 2.24) is 15.5 Å². The third kappa shape index (κ3) is 4.57. The molecule has 2 aliphatic carbocycles. The number of rotatable bonds is 6. The Bertz CT molecular complexity index is 489. The van der Waals surface area contributed by atoms with Gasteiger partial charge in [-0.1, -0.05) is 42.9 Å². The molecule has 1 heterocycles. The number of nitrogens with one attached hydrogen (secondary N) is 2. The van der Waals surface area contributed by atoms with E-state index in [1.165, 1.54) is 55.2 Å². The molecule has 0 aliphatic heterocycles. The normalized spacial score (nSPS) is 25.6. The van der Waals surface area contributed by atoms with Crippen molar-refractivity contribution in [2.45, 2.75) is 61.9 Å². The molecule has 2 fully saturated rings. The Morgan fingerprint density at radius 1 is 1.29 bits per heavy atom. The van der Waals surface area contributed by atoms with Gasteiger partial charge in [0.1, 0.15) is 0 Å². The topological polar surface area (TPSA) is 66.9 Å². The number of amides is 1. The fourth-order valence-corrected chi connectivity index (χ4v) is 4.28. The van der Waals surface area contributed by atoms with Crippen LogP contribution in [0, 0.1) is 5.92 Å². The number of thioether (sulfide) groups is 1. The number of anilines is 1. The molecule has 1 amide bonds. The number of carbonyl (C=O) groups is 1. The first kappa shape index (κ1) is 15.1. The zero-order valence-electron chi connectivity index (χ0n) is 12.3. The number of aromatic nitrogens is 2. The monoisotopic (exact) mass is 326 g/mol. The summed E-state index contributed by atoms with van der Waals surface area (Å²) in [6.45, 7) is 2.23. The predicted molar refractivity (Wildman–Crippen MR) is 86.8 cm³/mol. The van der Waals surface area contributed by atoms with Gasteiger partial charge in [-0.05, 0) is 31.6 Å². The van der Waals surface area contributed by atoms with Crippen molar-refractivity contribution >= 4 is 34.1 Å². The molecular formula is C14H22N4OS2. The smallest absolute Gasteiger partial charge is 0.230 e. The lowest BCUT2D eigenvalue weighted by Gasteiger charge is -2.29. The second-order valence-electron chi connectivity index (χ2n) is 6.02. The molecule has 2 atom stereocenters. The highest BCUT2D eigenvalue weighted by atomic mass is 32.2. The maximum atomic E-state index is 12.0. The van der Waals surface area contributed by atoms with E-state index in [0.29, 0.717) is 23.8 Å². The first-order valence-corrected chi connectivity index (χ1v) is 9.53. The lowest BCUT2D eigenvalue weighted by molar-refractivity contribution is -0.119. The van der Waals surface area contributed by atoms with Gasteiger partial charge in [0.15, 0.2) is 4.34 Å². The molecule has 5 nitrogen and oxygen atoms in total. The SMILES string of the molecule is C[C@H]1CCCC[C@@H]1NC(=O)CSc1nnc(NC2CC2)s1. The Kier molecular flexibility index (Phi) is 5.00. The summed E-state index contributed by atoms with van der Waals surface area (Å²) in [5.74, 6) is 1.15. The van der Waals surface area contributed by atoms with E-state index in [2.05, 4.69) is 27.8 Å². The zero-order chi connectivity index (χ0) is 14.7. The fraction of sp³-hybridized carbons (Fsp3) is 0.786. The lowest BCUT2D eigenvalue weighted by atomic mass is 9.86. The summed E-state index contributed by atoms with van der Waals surface area (Å²) in [6.07, 6.45) is 7.32. The summed E-state index contributed by atoms with van der Waals surface area (Å²) in [5, 5.41) is 15.6. The van der Waals surface area contributed by atoms with E-state index < -0.39 is 0 Å². The molecule has 0 saturated heterocycles. The maximum absolute atomic E-state index is 12.0. The molecule has 7 heteroatoms. The van der Waals surface area contributed by atoms with E-state index in [-0.39, 0.29) is 5.91 Å². The average Bonchev–Trinajstić information content (AvgIpc) is 3.16. The zero-order valence-corrected chi connectivity index (χ0v) is 13.9. The van der Waals surface area contributed by atoms with E-state index in [1.807, 2.05) is 0 Å². The van der Waals surface area contributed by atoms with Crippen LogP contribution in [0.1, 0.15) is 45.4 Å². The molecule has 0 radical (unpaired) electrons. The summed E-state index contributed by atoms with van der Waals surface area (Å²) < 4.78 is 0.866. The second-order valence-corrected chi connectivity index (χ2v) is 8.22. The second kappa shape index (κ2) is 6.96. The van der Waals surface area contributed by atoms with Crippen molar-refractivity contribution < 1.29 is 4.79 Å². The summed E-state index contributed by atoms with van der Waals surface area (Å²) in [7, 11) is 0. The Hall–Kier alpha value is -0.820. The maximum Gasteiger partial charge on any atom is 0.230 e. The van der Waals surface area contributed by atoms with Crippen molar-refractivity contribution in [3.8, 4) is 0 Å². The molecule has 2 N–H and O–H groups in total. The van der Waals surface area contributed by atoms with E-state index >= 15 is 0 Å². The van der Waals surface area contributed by atoms with Gasteiger partial charge in [0.05, 0.1) is 5.75 Å². The quantitative estimate of drug-likeness (QED) is 0.787. The van der Waals surface area contributed by atoms with Crippen LogP contribution in [-0.2, 0) is 4.79 Å². The molecule has 2 saturated carbocycles. The highest BCUT2D eigenvalue weighted by molar-refractivity contribution is 8.01. The minimum atomic E-state index is 0.116. The number of carbonyl (C=O) groups excluding carboxylic acids is 1. The van der Waals surface area contributed by atoms with Crippen molar-refractivity contribution in [2.75, 3.05) is 11.1 Å². The van der Waals surface area contributed by atoms with Gasteiger partial charge in [-0.25, -0.2) is 0 Å².